The highest BCUT2D eigenvalue weighted by Gasteiger charge is 2.14. The molecule has 0 aliphatic heterocycles. The molecule has 0 saturated heterocycles. The molecule has 130 valence electrons. The number of nitrogens with one attached hydrogen (secondary N) is 2. The second-order valence-electron chi connectivity index (χ2n) is 5.52. The summed E-state index contributed by atoms with van der Waals surface area (Å²) in [4.78, 5) is 10.8. The summed E-state index contributed by atoms with van der Waals surface area (Å²) in [5, 5.41) is 6.68. The zero-order chi connectivity index (χ0) is 16.5. The molecule has 0 aliphatic rings. The number of aromatic nitrogens is 1. The van der Waals surface area contributed by atoms with Gasteiger partial charge in [0.25, 0.3) is 0 Å². The van der Waals surface area contributed by atoms with Crippen LogP contribution in [0.2, 0.25) is 0 Å². The first kappa shape index (κ1) is 20.4. The zero-order valence-electron chi connectivity index (χ0n) is 14.4. The van der Waals surface area contributed by atoms with E-state index in [1.54, 1.807) is 13.2 Å². The molecule has 2 aromatic rings. The van der Waals surface area contributed by atoms with Gasteiger partial charge in [0.05, 0.1) is 18.3 Å². The van der Waals surface area contributed by atoms with Gasteiger partial charge in [0.15, 0.2) is 5.96 Å². The van der Waals surface area contributed by atoms with Crippen LogP contribution in [-0.2, 0) is 6.54 Å². The molecule has 0 radical (unpaired) electrons. The van der Waals surface area contributed by atoms with Crippen LogP contribution in [0.25, 0.3) is 0 Å². The number of aliphatic imine (C=N–C) groups is 1. The Kier molecular flexibility index (Phi) is 9.33. The first-order chi connectivity index (χ1) is 11.2. The van der Waals surface area contributed by atoms with Crippen LogP contribution >= 0.6 is 24.0 Å². The van der Waals surface area contributed by atoms with Crippen molar-refractivity contribution >= 4 is 29.9 Å². The van der Waals surface area contributed by atoms with E-state index in [4.69, 9.17) is 0 Å². The molecule has 0 bridgehead atoms. The number of rotatable bonds is 6. The third kappa shape index (κ3) is 6.45. The van der Waals surface area contributed by atoms with Crippen molar-refractivity contribution in [2.24, 2.45) is 4.99 Å². The Hall–Kier alpha value is -1.67. The van der Waals surface area contributed by atoms with Crippen molar-refractivity contribution in [2.45, 2.75) is 12.6 Å². The van der Waals surface area contributed by atoms with Crippen LogP contribution in [0.15, 0.2) is 59.7 Å². The maximum Gasteiger partial charge on any atom is 0.191 e. The maximum atomic E-state index is 4.30. The van der Waals surface area contributed by atoms with E-state index in [0.29, 0.717) is 6.54 Å². The number of guanidine groups is 1. The van der Waals surface area contributed by atoms with Gasteiger partial charge in [-0.3, -0.25) is 9.98 Å². The number of benzene rings is 1. The smallest absolute Gasteiger partial charge is 0.191 e. The molecule has 2 N–H and O–H groups in total. The third-order valence-corrected chi connectivity index (χ3v) is 3.66. The van der Waals surface area contributed by atoms with Gasteiger partial charge in [-0.05, 0) is 31.8 Å². The summed E-state index contributed by atoms with van der Waals surface area (Å²) in [6.07, 6.45) is 1.80. The lowest BCUT2D eigenvalue weighted by Gasteiger charge is -2.26. The van der Waals surface area contributed by atoms with Crippen molar-refractivity contribution in [3.63, 3.8) is 0 Å². The van der Waals surface area contributed by atoms with Crippen molar-refractivity contribution in [2.75, 3.05) is 27.7 Å². The fraction of sp³-hybridized carbons (Fsp3) is 0.333. The fourth-order valence-corrected chi connectivity index (χ4v) is 2.36. The van der Waals surface area contributed by atoms with Crippen molar-refractivity contribution in [1.82, 2.24) is 20.5 Å². The Labute approximate surface area is 161 Å². The summed E-state index contributed by atoms with van der Waals surface area (Å²) in [6.45, 7) is 1.43. The highest BCUT2D eigenvalue weighted by molar-refractivity contribution is 14.0. The SMILES string of the molecule is CN=C(NCc1ccccn1)NCC(c1ccccc1)N(C)C.I. The molecule has 5 nitrogen and oxygen atoms in total. The molecule has 0 spiro atoms. The van der Waals surface area contributed by atoms with Crippen LogP contribution in [0.1, 0.15) is 17.3 Å². The maximum absolute atomic E-state index is 4.30. The number of pyridine rings is 1. The zero-order valence-corrected chi connectivity index (χ0v) is 16.8. The van der Waals surface area contributed by atoms with Gasteiger partial charge in [0, 0.05) is 19.8 Å². The van der Waals surface area contributed by atoms with Gasteiger partial charge in [0.2, 0.25) is 0 Å². The standard InChI is InChI=1S/C18H25N5.HI/c1-19-18(21-13-16-11-7-8-12-20-16)22-14-17(23(2)3)15-9-5-4-6-10-15;/h4-12,17H,13-14H2,1-3H3,(H2,19,21,22);1H. The van der Waals surface area contributed by atoms with Crippen molar-refractivity contribution < 1.29 is 0 Å². The third-order valence-electron chi connectivity index (χ3n) is 3.66. The lowest BCUT2D eigenvalue weighted by molar-refractivity contribution is 0.298. The van der Waals surface area contributed by atoms with Crippen LogP contribution in [0.3, 0.4) is 0 Å². The number of halogens is 1. The summed E-state index contributed by atoms with van der Waals surface area (Å²) in [5.41, 5.74) is 2.27. The van der Waals surface area contributed by atoms with Crippen LogP contribution in [-0.4, -0.2) is 43.5 Å². The lowest BCUT2D eigenvalue weighted by atomic mass is 10.1. The number of hydrogen-bond donors (Lipinski definition) is 2. The largest absolute Gasteiger partial charge is 0.354 e. The molecule has 1 heterocycles. The van der Waals surface area contributed by atoms with Gasteiger partial charge < -0.3 is 15.5 Å². The summed E-state index contributed by atoms with van der Waals surface area (Å²) in [6, 6.07) is 16.6. The van der Waals surface area contributed by atoms with E-state index in [9.17, 15) is 0 Å². The van der Waals surface area contributed by atoms with E-state index in [0.717, 1.165) is 18.2 Å². The number of hydrogen-bond acceptors (Lipinski definition) is 3. The molecule has 1 atom stereocenters. The molecule has 24 heavy (non-hydrogen) atoms. The minimum atomic E-state index is 0. The molecule has 2 rings (SSSR count). The quantitative estimate of drug-likeness (QED) is 0.413. The van der Waals surface area contributed by atoms with Gasteiger partial charge in [-0.2, -0.15) is 0 Å². The molecule has 0 amide bonds. The highest BCUT2D eigenvalue weighted by atomic mass is 127. The Bertz CT molecular complexity index is 601. The molecule has 0 saturated carbocycles. The molecule has 1 aromatic carbocycles. The first-order valence-electron chi connectivity index (χ1n) is 7.76. The summed E-state index contributed by atoms with van der Waals surface area (Å²) in [5.74, 6) is 0.776. The minimum Gasteiger partial charge on any atom is -0.354 e. The summed E-state index contributed by atoms with van der Waals surface area (Å²) >= 11 is 0. The predicted octanol–water partition coefficient (Wildman–Crippen LogP) is 2.67. The van der Waals surface area contributed by atoms with Gasteiger partial charge >= 0.3 is 0 Å². The van der Waals surface area contributed by atoms with Crippen LogP contribution in [0, 0.1) is 0 Å². The van der Waals surface area contributed by atoms with Crippen molar-refractivity contribution in [3.05, 3.63) is 66.0 Å². The summed E-state index contributed by atoms with van der Waals surface area (Å²) in [7, 11) is 5.95. The second kappa shape index (κ2) is 11.0. The van der Waals surface area contributed by atoms with Gasteiger partial charge in [0.1, 0.15) is 0 Å². The predicted molar refractivity (Wildman–Crippen MR) is 111 cm³/mol. The Morgan fingerprint density at radius 2 is 1.79 bits per heavy atom. The van der Waals surface area contributed by atoms with Gasteiger partial charge in [-0.1, -0.05) is 36.4 Å². The van der Waals surface area contributed by atoms with E-state index in [-0.39, 0.29) is 30.0 Å². The number of likely N-dealkylation sites (N-methyl/N-ethyl adjacent to an activating group) is 1. The van der Waals surface area contributed by atoms with E-state index >= 15 is 0 Å². The monoisotopic (exact) mass is 439 g/mol. The Morgan fingerprint density at radius 3 is 2.38 bits per heavy atom. The van der Waals surface area contributed by atoms with Crippen LogP contribution in [0.4, 0.5) is 0 Å². The normalized spacial score (nSPS) is 12.4. The Morgan fingerprint density at radius 1 is 1.08 bits per heavy atom. The average Bonchev–Trinajstić information content (AvgIpc) is 2.59. The molecule has 0 aliphatic carbocycles. The molecule has 0 fully saturated rings. The lowest BCUT2D eigenvalue weighted by Crippen LogP contribution is -2.41. The van der Waals surface area contributed by atoms with E-state index < -0.39 is 0 Å². The average molecular weight is 439 g/mol. The van der Waals surface area contributed by atoms with Crippen LogP contribution < -0.4 is 10.6 Å². The van der Waals surface area contributed by atoms with Crippen molar-refractivity contribution in [1.29, 1.82) is 0 Å². The molecular weight excluding hydrogens is 413 g/mol. The first-order valence-corrected chi connectivity index (χ1v) is 7.76. The number of nitrogens with zero attached hydrogens (tertiary/aromatic N) is 3. The van der Waals surface area contributed by atoms with Crippen LogP contribution in [0.5, 0.6) is 0 Å². The molecular formula is C18H26IN5. The van der Waals surface area contributed by atoms with E-state index in [1.807, 2.05) is 24.3 Å². The molecule has 6 heteroatoms. The highest BCUT2D eigenvalue weighted by Crippen LogP contribution is 2.16. The van der Waals surface area contributed by atoms with Crippen molar-refractivity contribution in [3.8, 4) is 0 Å². The van der Waals surface area contributed by atoms with E-state index in [1.165, 1.54) is 5.56 Å². The van der Waals surface area contributed by atoms with Gasteiger partial charge in [-0.15, -0.1) is 24.0 Å². The fourth-order valence-electron chi connectivity index (χ4n) is 2.36. The van der Waals surface area contributed by atoms with Gasteiger partial charge in [-0.25, -0.2) is 0 Å². The Balaban J connectivity index is 0.00000288. The second-order valence-corrected chi connectivity index (χ2v) is 5.52. The summed E-state index contributed by atoms with van der Waals surface area (Å²) < 4.78 is 0. The van der Waals surface area contributed by atoms with E-state index in [2.05, 4.69) is 63.9 Å². The topological polar surface area (TPSA) is 52.6 Å². The minimum absolute atomic E-state index is 0. The molecule has 1 aromatic heterocycles. The molecule has 1 unspecified atom stereocenters.